The first-order valence-corrected chi connectivity index (χ1v) is 14.7. The molecule has 1 amide bonds. The average Bonchev–Trinajstić information content (AvgIpc) is 3.20. The lowest BCUT2D eigenvalue weighted by Crippen LogP contribution is -2.36. The number of amides is 1. The molecular weight excluding hydrogens is 522 g/mol. The van der Waals surface area contributed by atoms with Gasteiger partial charge in [-0.1, -0.05) is 42.8 Å². The van der Waals surface area contributed by atoms with Crippen LogP contribution in [0.4, 0.5) is 17.3 Å². The normalized spacial score (nSPS) is 18.4. The topological polar surface area (TPSA) is 79.4 Å². The first kappa shape index (κ1) is 28.5. The van der Waals surface area contributed by atoms with E-state index in [1.165, 1.54) is 24.0 Å². The van der Waals surface area contributed by atoms with Gasteiger partial charge < -0.3 is 20.3 Å². The van der Waals surface area contributed by atoms with Crippen LogP contribution in [0.1, 0.15) is 67.5 Å². The molecule has 3 heterocycles. The zero-order valence-electron chi connectivity index (χ0n) is 24.0. The van der Waals surface area contributed by atoms with Crippen molar-refractivity contribution >= 4 is 34.8 Å². The van der Waals surface area contributed by atoms with Crippen LogP contribution in [0.5, 0.6) is 0 Å². The SMILES string of the molecule is CCc1cc(C2CCCN(CCOC)C2)ccc1Nc1ncc(Cl)c(CCc2cccc3c2C(C)(C)C(=O)N3)n1. The van der Waals surface area contributed by atoms with Gasteiger partial charge in [0.25, 0.3) is 0 Å². The second kappa shape index (κ2) is 12.2. The molecule has 40 heavy (non-hydrogen) atoms. The van der Waals surface area contributed by atoms with Gasteiger partial charge in [-0.3, -0.25) is 4.79 Å². The van der Waals surface area contributed by atoms with Crippen LogP contribution in [0.15, 0.2) is 42.6 Å². The number of hydrogen-bond acceptors (Lipinski definition) is 6. The molecule has 1 unspecified atom stereocenters. The zero-order valence-corrected chi connectivity index (χ0v) is 24.8. The van der Waals surface area contributed by atoms with Gasteiger partial charge in [0.15, 0.2) is 0 Å². The van der Waals surface area contributed by atoms with Gasteiger partial charge in [-0.05, 0) is 92.8 Å². The Balaban J connectivity index is 1.30. The van der Waals surface area contributed by atoms with Crippen molar-refractivity contribution in [3.63, 3.8) is 0 Å². The van der Waals surface area contributed by atoms with E-state index in [1.54, 1.807) is 13.3 Å². The molecule has 0 bridgehead atoms. The number of nitrogens with zero attached hydrogens (tertiary/aromatic N) is 3. The van der Waals surface area contributed by atoms with E-state index in [0.717, 1.165) is 67.3 Å². The van der Waals surface area contributed by atoms with Gasteiger partial charge >= 0.3 is 0 Å². The van der Waals surface area contributed by atoms with Gasteiger partial charge in [-0.15, -0.1) is 0 Å². The molecule has 1 saturated heterocycles. The Morgan fingerprint density at radius 3 is 2.85 bits per heavy atom. The number of anilines is 3. The van der Waals surface area contributed by atoms with Gasteiger partial charge in [0.05, 0.1) is 28.9 Å². The summed E-state index contributed by atoms with van der Waals surface area (Å²) in [6, 6.07) is 12.8. The highest BCUT2D eigenvalue weighted by Gasteiger charge is 2.39. The first-order valence-electron chi connectivity index (χ1n) is 14.4. The summed E-state index contributed by atoms with van der Waals surface area (Å²) in [5, 5.41) is 7.01. The van der Waals surface area contributed by atoms with Crippen LogP contribution in [0.2, 0.25) is 5.02 Å². The van der Waals surface area contributed by atoms with Gasteiger partial charge in [0, 0.05) is 31.6 Å². The summed E-state index contributed by atoms with van der Waals surface area (Å²) < 4.78 is 5.29. The lowest BCUT2D eigenvalue weighted by molar-refractivity contribution is -0.119. The standard InChI is InChI=1S/C32H40ClN5O2/c1-5-21-18-23(24-9-7-15-38(20-24)16-17-40-4)12-13-26(21)36-31-34-19-25(33)27(37-31)14-11-22-8-6-10-28-29(22)32(2,3)30(39)35-28/h6,8,10,12-13,18-19,24H,5,7,9,11,14-17,20H2,1-4H3,(H,35,39)(H,34,36,37). The Labute approximate surface area is 242 Å². The number of likely N-dealkylation sites (tertiary alicyclic amines) is 1. The lowest BCUT2D eigenvalue weighted by Gasteiger charge is -2.33. The molecule has 5 rings (SSSR count). The molecule has 0 aliphatic carbocycles. The molecule has 1 aromatic heterocycles. The van der Waals surface area contributed by atoms with Crippen LogP contribution >= 0.6 is 11.6 Å². The van der Waals surface area contributed by atoms with Gasteiger partial charge in [-0.25, -0.2) is 9.97 Å². The molecule has 212 valence electrons. The lowest BCUT2D eigenvalue weighted by atomic mass is 9.82. The molecule has 7 nitrogen and oxygen atoms in total. The fraction of sp³-hybridized carbons (Fsp3) is 0.469. The number of carbonyl (C=O) groups excluding carboxylic acids is 1. The summed E-state index contributed by atoms with van der Waals surface area (Å²) in [6.45, 7) is 10.1. The predicted molar refractivity (Wildman–Crippen MR) is 162 cm³/mol. The minimum Gasteiger partial charge on any atom is -0.383 e. The predicted octanol–water partition coefficient (Wildman–Crippen LogP) is 6.28. The van der Waals surface area contributed by atoms with Crippen molar-refractivity contribution in [3.8, 4) is 0 Å². The molecule has 2 aliphatic rings. The highest BCUT2D eigenvalue weighted by atomic mass is 35.5. The van der Waals surface area contributed by atoms with Crippen molar-refractivity contribution in [2.24, 2.45) is 0 Å². The number of halogens is 1. The molecule has 1 fully saturated rings. The van der Waals surface area contributed by atoms with Gasteiger partial charge in [0.1, 0.15) is 0 Å². The van der Waals surface area contributed by atoms with Crippen LogP contribution < -0.4 is 10.6 Å². The van der Waals surface area contributed by atoms with Crippen LogP contribution in [0, 0.1) is 0 Å². The van der Waals surface area contributed by atoms with Crippen molar-refractivity contribution < 1.29 is 9.53 Å². The number of piperidine rings is 1. The van der Waals surface area contributed by atoms with Crippen molar-refractivity contribution in [1.29, 1.82) is 0 Å². The molecule has 0 spiro atoms. The summed E-state index contributed by atoms with van der Waals surface area (Å²) in [5.74, 6) is 1.12. The van der Waals surface area contributed by atoms with Crippen molar-refractivity contribution in [2.75, 3.05) is 44.0 Å². The van der Waals surface area contributed by atoms with E-state index in [1.807, 2.05) is 26.0 Å². The Bertz CT molecular complexity index is 1380. The molecule has 1 atom stereocenters. The third-order valence-corrected chi connectivity index (χ3v) is 8.70. The summed E-state index contributed by atoms with van der Waals surface area (Å²) in [4.78, 5) is 24.3. The van der Waals surface area contributed by atoms with Gasteiger partial charge in [-0.2, -0.15) is 0 Å². The highest BCUT2D eigenvalue weighted by Crippen LogP contribution is 2.40. The van der Waals surface area contributed by atoms with E-state index in [2.05, 4.69) is 51.7 Å². The quantitative estimate of drug-likeness (QED) is 0.303. The number of fused-ring (bicyclic) bond motifs is 1. The van der Waals surface area contributed by atoms with E-state index >= 15 is 0 Å². The fourth-order valence-corrected chi connectivity index (χ4v) is 6.27. The van der Waals surface area contributed by atoms with E-state index in [0.29, 0.717) is 23.3 Å². The van der Waals surface area contributed by atoms with Gasteiger partial charge in [0.2, 0.25) is 11.9 Å². The van der Waals surface area contributed by atoms with E-state index < -0.39 is 5.41 Å². The number of aryl methyl sites for hydroxylation is 3. The number of hydrogen-bond donors (Lipinski definition) is 2. The maximum atomic E-state index is 12.5. The summed E-state index contributed by atoms with van der Waals surface area (Å²) in [7, 11) is 1.77. The van der Waals surface area contributed by atoms with Crippen molar-refractivity contribution in [1.82, 2.24) is 14.9 Å². The van der Waals surface area contributed by atoms with Crippen molar-refractivity contribution in [2.45, 2.75) is 64.2 Å². The maximum Gasteiger partial charge on any atom is 0.234 e. The Kier molecular flexibility index (Phi) is 8.74. The summed E-state index contributed by atoms with van der Waals surface area (Å²) in [6.07, 6.45) is 6.40. The minimum absolute atomic E-state index is 0.0335. The molecule has 2 N–H and O–H groups in total. The summed E-state index contributed by atoms with van der Waals surface area (Å²) in [5.41, 5.74) is 7.01. The van der Waals surface area contributed by atoms with E-state index in [-0.39, 0.29) is 5.91 Å². The highest BCUT2D eigenvalue weighted by molar-refractivity contribution is 6.31. The van der Waals surface area contributed by atoms with Crippen LogP contribution in [0.3, 0.4) is 0 Å². The molecular formula is C32H40ClN5O2. The molecule has 3 aromatic rings. The number of carbonyl (C=O) groups is 1. The second-order valence-electron chi connectivity index (χ2n) is 11.4. The Morgan fingerprint density at radius 2 is 2.05 bits per heavy atom. The number of ether oxygens (including phenoxy) is 1. The largest absolute Gasteiger partial charge is 0.383 e. The monoisotopic (exact) mass is 561 g/mol. The number of methoxy groups -OCH3 is 1. The number of benzene rings is 2. The molecule has 0 radical (unpaired) electrons. The smallest absolute Gasteiger partial charge is 0.234 e. The van der Waals surface area contributed by atoms with E-state index in [9.17, 15) is 4.79 Å². The molecule has 8 heteroatoms. The van der Waals surface area contributed by atoms with E-state index in [4.69, 9.17) is 21.3 Å². The van der Waals surface area contributed by atoms with Crippen LogP contribution in [-0.4, -0.2) is 54.1 Å². The maximum absolute atomic E-state index is 12.5. The summed E-state index contributed by atoms with van der Waals surface area (Å²) >= 11 is 6.54. The second-order valence-corrected chi connectivity index (χ2v) is 11.8. The fourth-order valence-electron chi connectivity index (χ4n) is 6.09. The first-order chi connectivity index (χ1) is 19.3. The molecule has 2 aliphatic heterocycles. The Morgan fingerprint density at radius 1 is 1.20 bits per heavy atom. The number of nitrogens with one attached hydrogen (secondary N) is 2. The third kappa shape index (κ3) is 6.02. The average molecular weight is 562 g/mol. The van der Waals surface area contributed by atoms with Crippen molar-refractivity contribution in [3.05, 3.63) is 75.6 Å². The molecule has 0 saturated carbocycles. The Hall–Kier alpha value is -3.00. The third-order valence-electron chi connectivity index (χ3n) is 8.38. The molecule has 2 aromatic carbocycles. The minimum atomic E-state index is -0.559. The zero-order chi connectivity index (χ0) is 28.3. The van der Waals surface area contributed by atoms with Crippen LogP contribution in [-0.2, 0) is 34.2 Å². The number of aromatic nitrogens is 2. The number of rotatable bonds is 10. The van der Waals surface area contributed by atoms with Crippen LogP contribution in [0.25, 0.3) is 0 Å².